The van der Waals surface area contributed by atoms with E-state index in [1.807, 2.05) is 12.2 Å². The summed E-state index contributed by atoms with van der Waals surface area (Å²) >= 11 is 0. The topological polar surface area (TPSA) is 155 Å². The van der Waals surface area contributed by atoms with Crippen LogP contribution < -0.4 is 0 Å². The molecule has 0 amide bonds. The van der Waals surface area contributed by atoms with Gasteiger partial charge < -0.3 is 24.2 Å². The van der Waals surface area contributed by atoms with Gasteiger partial charge in [0.15, 0.2) is 6.10 Å². The Hall–Kier alpha value is -4.64. The summed E-state index contributed by atoms with van der Waals surface area (Å²) in [5, 5.41) is 9.79. The largest absolute Gasteiger partial charge is 0.472 e. The molecule has 0 saturated carbocycles. The summed E-state index contributed by atoms with van der Waals surface area (Å²) in [5.41, 5.74) is 0. The van der Waals surface area contributed by atoms with Crippen LogP contribution in [-0.2, 0) is 42.2 Å². The van der Waals surface area contributed by atoms with Gasteiger partial charge in [-0.05, 0) is 122 Å². The maximum atomic E-state index is 12.9. The lowest BCUT2D eigenvalue weighted by Crippen LogP contribution is -2.30. The molecule has 416 valence electrons. The van der Waals surface area contributed by atoms with Gasteiger partial charge in [0.2, 0.25) is 0 Å². The minimum Gasteiger partial charge on any atom is -0.462 e. The van der Waals surface area contributed by atoms with E-state index in [4.69, 9.17) is 23.3 Å². The first kappa shape index (κ1) is 69.4. The van der Waals surface area contributed by atoms with Crippen LogP contribution in [0.3, 0.4) is 0 Å². The van der Waals surface area contributed by atoms with Gasteiger partial charge in [-0.3, -0.25) is 23.4 Å². The van der Waals surface area contributed by atoms with Crippen molar-refractivity contribution in [3.63, 3.8) is 0 Å². The highest BCUT2D eigenvalue weighted by molar-refractivity contribution is 7.47. The molecule has 0 aromatic rings. The lowest BCUT2D eigenvalue weighted by atomic mass is 10.1. The number of phosphoric ester groups is 1. The molecule has 3 atom stereocenters. The quantitative estimate of drug-likeness (QED) is 0.0197. The van der Waals surface area contributed by atoms with Crippen molar-refractivity contribution in [2.24, 2.45) is 0 Å². The standard InChI is InChI=1S/C62H97O11P/c1-4-7-10-13-16-19-22-25-27-28-29-30-32-34-36-39-42-45-48-51-60(64)69-55-59(73-62(66)53-50-47-44-41-38-35-31-26-23-20-17-14-11-8-5-2)57-71-74(67,68)70-56-58(54-63)72-61(65)52-49-46-43-40-37-33-24-21-18-15-12-9-6-3/h7-8,10-12,15-17,19-21,24-27,29-31,34,36,38,41-42,45,58-59,63H,4-6,9,13-14,18,22-23,28,32-33,35,37,39-40,43-44,46-57H2,1-3H3,(H,67,68)/b10-7-,11-8-,15-12-,19-16-,20-17-,24-21-,27-25-,30-29-,31-26-,36-34-,41-38-,45-42-. The van der Waals surface area contributed by atoms with Crippen LogP contribution in [0.25, 0.3) is 0 Å². The van der Waals surface area contributed by atoms with Crippen LogP contribution in [0.15, 0.2) is 146 Å². The zero-order valence-electron chi connectivity index (χ0n) is 45.7. The number of esters is 3. The van der Waals surface area contributed by atoms with Gasteiger partial charge in [0.1, 0.15) is 12.7 Å². The van der Waals surface area contributed by atoms with E-state index in [0.29, 0.717) is 19.3 Å². The number of hydrogen-bond acceptors (Lipinski definition) is 10. The van der Waals surface area contributed by atoms with Crippen molar-refractivity contribution in [2.75, 3.05) is 26.4 Å². The number of hydrogen-bond donors (Lipinski definition) is 2. The van der Waals surface area contributed by atoms with Gasteiger partial charge in [-0.1, -0.05) is 192 Å². The Morgan fingerprint density at radius 1 is 0.392 bits per heavy atom. The number of phosphoric acid groups is 1. The summed E-state index contributed by atoms with van der Waals surface area (Å²) in [6.45, 7) is 4.16. The van der Waals surface area contributed by atoms with Gasteiger partial charge in [0, 0.05) is 19.3 Å². The first-order chi connectivity index (χ1) is 36.2. The maximum absolute atomic E-state index is 12.9. The second-order valence-electron chi connectivity index (χ2n) is 17.6. The van der Waals surface area contributed by atoms with Crippen molar-refractivity contribution in [2.45, 2.75) is 200 Å². The van der Waals surface area contributed by atoms with Crippen molar-refractivity contribution in [3.8, 4) is 0 Å². The minimum atomic E-state index is -4.79. The van der Waals surface area contributed by atoms with E-state index >= 15 is 0 Å². The number of aliphatic hydroxyl groups excluding tert-OH is 1. The van der Waals surface area contributed by atoms with Crippen LogP contribution in [0.5, 0.6) is 0 Å². The molecule has 0 bridgehead atoms. The molecule has 0 aromatic carbocycles. The Bertz CT molecular complexity index is 1800. The molecule has 0 saturated heterocycles. The van der Waals surface area contributed by atoms with Crippen LogP contribution in [0.2, 0.25) is 0 Å². The molecular weight excluding hydrogens is 952 g/mol. The summed E-state index contributed by atoms with van der Waals surface area (Å²) < 4.78 is 39.3. The second kappa shape index (κ2) is 54.6. The zero-order valence-corrected chi connectivity index (χ0v) is 46.6. The average molecular weight is 1050 g/mol. The summed E-state index contributed by atoms with van der Waals surface area (Å²) in [7, 11) is -4.79. The van der Waals surface area contributed by atoms with E-state index in [-0.39, 0.29) is 19.3 Å². The second-order valence-corrected chi connectivity index (χ2v) is 19.1. The first-order valence-corrected chi connectivity index (χ1v) is 29.2. The number of ether oxygens (including phenoxy) is 3. The molecular formula is C62H97O11P. The molecule has 0 spiro atoms. The van der Waals surface area contributed by atoms with E-state index in [2.05, 4.69) is 154 Å². The third-order valence-electron chi connectivity index (χ3n) is 10.7. The summed E-state index contributed by atoms with van der Waals surface area (Å²) in [6, 6.07) is 0. The van der Waals surface area contributed by atoms with E-state index in [0.717, 1.165) is 128 Å². The van der Waals surface area contributed by atoms with Crippen molar-refractivity contribution in [1.29, 1.82) is 0 Å². The Kier molecular flexibility index (Phi) is 51.2. The van der Waals surface area contributed by atoms with Gasteiger partial charge in [-0.15, -0.1) is 0 Å². The summed E-state index contributed by atoms with van der Waals surface area (Å²) in [5.74, 6) is -1.65. The van der Waals surface area contributed by atoms with E-state index in [1.165, 1.54) is 0 Å². The lowest BCUT2D eigenvalue weighted by Gasteiger charge is -2.21. The molecule has 0 radical (unpaired) electrons. The molecule has 0 aliphatic carbocycles. The van der Waals surface area contributed by atoms with Crippen LogP contribution >= 0.6 is 7.82 Å². The molecule has 0 aliphatic heterocycles. The molecule has 74 heavy (non-hydrogen) atoms. The van der Waals surface area contributed by atoms with Crippen LogP contribution in [-0.4, -0.2) is 66.5 Å². The molecule has 0 aliphatic rings. The molecule has 12 heteroatoms. The highest BCUT2D eigenvalue weighted by atomic mass is 31.2. The number of allylic oxidation sites excluding steroid dienone is 24. The first-order valence-electron chi connectivity index (χ1n) is 27.7. The van der Waals surface area contributed by atoms with Crippen molar-refractivity contribution < 1.29 is 52.2 Å². The normalized spacial score (nSPS) is 14.5. The number of aliphatic hydroxyl groups is 1. The number of unbranched alkanes of at least 4 members (excludes halogenated alkanes) is 8. The van der Waals surface area contributed by atoms with Crippen LogP contribution in [0.1, 0.15) is 188 Å². The molecule has 0 fully saturated rings. The van der Waals surface area contributed by atoms with Crippen LogP contribution in [0, 0.1) is 0 Å². The molecule has 3 unspecified atom stereocenters. The fraction of sp³-hybridized carbons (Fsp3) is 0.565. The zero-order chi connectivity index (χ0) is 54.1. The van der Waals surface area contributed by atoms with Gasteiger partial charge in [-0.25, -0.2) is 4.57 Å². The van der Waals surface area contributed by atoms with Gasteiger partial charge in [0.05, 0.1) is 19.8 Å². The maximum Gasteiger partial charge on any atom is 0.472 e. The fourth-order valence-electron chi connectivity index (χ4n) is 6.58. The highest BCUT2D eigenvalue weighted by Gasteiger charge is 2.28. The molecule has 11 nitrogen and oxygen atoms in total. The summed E-state index contributed by atoms with van der Waals surface area (Å²) in [4.78, 5) is 48.4. The average Bonchev–Trinajstić information content (AvgIpc) is 3.39. The molecule has 0 aromatic heterocycles. The Morgan fingerprint density at radius 2 is 0.730 bits per heavy atom. The fourth-order valence-corrected chi connectivity index (χ4v) is 7.37. The third-order valence-corrected chi connectivity index (χ3v) is 11.7. The number of rotatable bonds is 49. The highest BCUT2D eigenvalue weighted by Crippen LogP contribution is 2.43. The number of carbonyl (C=O) groups is 3. The Balaban J connectivity index is 4.93. The Morgan fingerprint density at radius 3 is 1.16 bits per heavy atom. The monoisotopic (exact) mass is 1050 g/mol. The third kappa shape index (κ3) is 52.2. The van der Waals surface area contributed by atoms with Gasteiger partial charge in [-0.2, -0.15) is 0 Å². The van der Waals surface area contributed by atoms with Crippen LogP contribution in [0.4, 0.5) is 0 Å². The molecule has 0 heterocycles. The van der Waals surface area contributed by atoms with Gasteiger partial charge >= 0.3 is 25.7 Å². The van der Waals surface area contributed by atoms with E-state index < -0.39 is 64.4 Å². The van der Waals surface area contributed by atoms with Gasteiger partial charge in [0.25, 0.3) is 0 Å². The molecule has 0 rings (SSSR count). The SMILES string of the molecule is CC/C=C\C/C=C\C/C=C\C/C=C\C/C=C\C/C=C\CCC(=O)OCC(COP(=O)(O)OCC(CO)OC(=O)CCCCCCC/C=C\C/C=C\CCC)OC(=O)CCCC/C=C\C/C=C\C/C=C\C/C=C\CC. The Labute approximate surface area is 448 Å². The van der Waals surface area contributed by atoms with E-state index in [1.54, 1.807) is 0 Å². The summed E-state index contributed by atoms with van der Waals surface area (Å²) in [6.07, 6.45) is 69.7. The predicted molar refractivity (Wildman–Crippen MR) is 306 cm³/mol. The number of carbonyl (C=O) groups excluding carboxylic acids is 3. The molecule has 2 N–H and O–H groups in total. The van der Waals surface area contributed by atoms with Crippen molar-refractivity contribution in [3.05, 3.63) is 146 Å². The smallest absolute Gasteiger partial charge is 0.462 e. The van der Waals surface area contributed by atoms with E-state index in [9.17, 15) is 28.9 Å². The van der Waals surface area contributed by atoms with Crippen molar-refractivity contribution in [1.82, 2.24) is 0 Å². The van der Waals surface area contributed by atoms with Crippen molar-refractivity contribution >= 4 is 25.7 Å². The predicted octanol–water partition coefficient (Wildman–Crippen LogP) is 16.4. The lowest BCUT2D eigenvalue weighted by molar-refractivity contribution is -0.161. The minimum absolute atomic E-state index is 0.0827.